The minimum absolute atomic E-state index is 0.00597. The molecule has 4 heterocycles. The number of amides is 1. The van der Waals surface area contributed by atoms with Gasteiger partial charge in [-0.3, -0.25) is 14.6 Å². The Labute approximate surface area is 285 Å². The van der Waals surface area contributed by atoms with Crippen LogP contribution in [0.4, 0.5) is 19.0 Å². The molecule has 7 rings (SSSR count). The van der Waals surface area contributed by atoms with E-state index in [1.807, 2.05) is 23.7 Å². The number of ether oxygens (including phenoxy) is 2. The average Bonchev–Trinajstić information content (AvgIpc) is 3.78. The smallest absolute Gasteiger partial charge is 0.416 e. The van der Waals surface area contributed by atoms with E-state index >= 15 is 0 Å². The van der Waals surface area contributed by atoms with Gasteiger partial charge < -0.3 is 18.9 Å². The van der Waals surface area contributed by atoms with Crippen molar-refractivity contribution < 1.29 is 27.4 Å². The van der Waals surface area contributed by atoms with Gasteiger partial charge in [-0.05, 0) is 86.4 Å². The molecule has 264 valence electrons. The molecular formula is C36H46F3N7O3. The van der Waals surface area contributed by atoms with Crippen LogP contribution in [0.2, 0.25) is 0 Å². The molecule has 0 spiro atoms. The number of anilines is 1. The summed E-state index contributed by atoms with van der Waals surface area (Å²) in [5, 5.41) is 8.60. The maximum atomic E-state index is 14.7. The first-order chi connectivity index (χ1) is 23.4. The SMILES string of the molecule is CO[C@H]1C[C@](c2cc(OC3CCCC3)nc(N3Cc4c(cc(CN5CCN(C)C[C@@H]5C(C)C)cc4C(F)(F)F)C3=O)c2)(c2nncn2C)C1. The number of halogens is 3. The second kappa shape index (κ2) is 13.0. The van der Waals surface area contributed by atoms with Crippen molar-refractivity contribution in [1.29, 1.82) is 0 Å². The summed E-state index contributed by atoms with van der Waals surface area (Å²) in [6, 6.07) is 6.82. The Bertz CT molecular complexity index is 1700. The van der Waals surface area contributed by atoms with Crippen LogP contribution in [0.3, 0.4) is 0 Å². The maximum Gasteiger partial charge on any atom is 0.416 e. The fourth-order valence-electron chi connectivity index (χ4n) is 8.34. The number of aromatic nitrogens is 4. The summed E-state index contributed by atoms with van der Waals surface area (Å²) < 4.78 is 58.2. The van der Waals surface area contributed by atoms with Crippen LogP contribution in [0.15, 0.2) is 30.6 Å². The van der Waals surface area contributed by atoms with Crippen LogP contribution in [-0.4, -0.2) is 87.5 Å². The van der Waals surface area contributed by atoms with Gasteiger partial charge in [-0.1, -0.05) is 13.8 Å². The summed E-state index contributed by atoms with van der Waals surface area (Å²) in [4.78, 5) is 24.9. The molecular weight excluding hydrogens is 635 g/mol. The number of methoxy groups -OCH3 is 1. The third kappa shape index (κ3) is 6.33. The summed E-state index contributed by atoms with van der Waals surface area (Å²) in [6.45, 7) is 6.81. The van der Waals surface area contributed by atoms with Gasteiger partial charge in [0.25, 0.3) is 5.91 Å². The lowest BCUT2D eigenvalue weighted by atomic mass is 9.62. The van der Waals surface area contributed by atoms with E-state index in [-0.39, 0.29) is 41.7 Å². The molecule has 1 saturated heterocycles. The van der Waals surface area contributed by atoms with Crippen molar-refractivity contribution in [2.24, 2.45) is 13.0 Å². The van der Waals surface area contributed by atoms with Crippen LogP contribution < -0.4 is 9.64 Å². The van der Waals surface area contributed by atoms with Crippen molar-refractivity contribution in [3.8, 4) is 5.88 Å². The maximum absolute atomic E-state index is 14.7. The number of carbonyl (C=O) groups is 1. The van der Waals surface area contributed by atoms with E-state index in [0.717, 1.165) is 56.7 Å². The number of nitrogens with zero attached hydrogens (tertiary/aromatic N) is 7. The fraction of sp³-hybridized carbons (Fsp3) is 0.611. The average molecular weight is 682 g/mol. The van der Waals surface area contributed by atoms with E-state index in [2.05, 4.69) is 40.9 Å². The molecule has 0 bridgehead atoms. The van der Waals surface area contributed by atoms with E-state index in [1.54, 1.807) is 19.5 Å². The predicted octanol–water partition coefficient (Wildman–Crippen LogP) is 5.58. The molecule has 3 fully saturated rings. The number of carbonyl (C=O) groups excluding carboxylic acids is 1. The third-order valence-corrected chi connectivity index (χ3v) is 11.1. The number of benzene rings is 1. The molecule has 0 unspecified atom stereocenters. The minimum atomic E-state index is -4.63. The van der Waals surface area contributed by atoms with Crippen LogP contribution in [0.5, 0.6) is 5.88 Å². The highest BCUT2D eigenvalue weighted by Crippen LogP contribution is 2.51. The normalized spacial score (nSPS) is 25.3. The van der Waals surface area contributed by atoms with Crippen molar-refractivity contribution in [3.05, 3.63) is 64.2 Å². The van der Waals surface area contributed by atoms with Crippen molar-refractivity contribution in [2.75, 3.05) is 38.7 Å². The number of hydrogen-bond donors (Lipinski definition) is 0. The van der Waals surface area contributed by atoms with Gasteiger partial charge in [0, 0.05) is 58.0 Å². The number of aryl methyl sites for hydroxylation is 1. The van der Waals surface area contributed by atoms with Gasteiger partial charge in [0.05, 0.1) is 23.6 Å². The Morgan fingerprint density at radius 1 is 1.04 bits per heavy atom. The van der Waals surface area contributed by atoms with Crippen molar-refractivity contribution >= 4 is 11.7 Å². The second-order valence-electron chi connectivity index (χ2n) is 14.8. The van der Waals surface area contributed by atoms with Gasteiger partial charge in [-0.2, -0.15) is 18.2 Å². The van der Waals surface area contributed by atoms with Crippen LogP contribution in [0, 0.1) is 5.92 Å². The zero-order valence-electron chi connectivity index (χ0n) is 29.0. The molecule has 4 aliphatic rings. The Morgan fingerprint density at radius 3 is 2.45 bits per heavy atom. The number of hydrogen-bond acceptors (Lipinski definition) is 8. The Morgan fingerprint density at radius 2 is 1.80 bits per heavy atom. The zero-order valence-corrected chi connectivity index (χ0v) is 29.0. The Hall–Kier alpha value is -3.55. The van der Waals surface area contributed by atoms with Crippen LogP contribution in [-0.2, 0) is 36.5 Å². The number of likely N-dealkylation sites (N-methyl/N-ethyl adjacent to an activating group) is 1. The van der Waals surface area contributed by atoms with Crippen LogP contribution >= 0.6 is 0 Å². The number of pyridine rings is 1. The molecule has 3 aromatic rings. The lowest BCUT2D eigenvalue weighted by Crippen LogP contribution is -2.53. The first-order valence-corrected chi connectivity index (χ1v) is 17.4. The van der Waals surface area contributed by atoms with E-state index in [4.69, 9.17) is 14.5 Å². The molecule has 1 amide bonds. The first kappa shape index (κ1) is 33.9. The number of rotatable bonds is 9. The monoisotopic (exact) mass is 681 g/mol. The van der Waals surface area contributed by atoms with Gasteiger partial charge in [0.2, 0.25) is 5.88 Å². The third-order valence-electron chi connectivity index (χ3n) is 11.1. The molecule has 13 heteroatoms. The van der Waals surface area contributed by atoms with Gasteiger partial charge in [0.1, 0.15) is 24.1 Å². The largest absolute Gasteiger partial charge is 0.474 e. The highest BCUT2D eigenvalue weighted by molar-refractivity contribution is 6.10. The summed E-state index contributed by atoms with van der Waals surface area (Å²) in [5.74, 6) is 1.21. The zero-order chi connectivity index (χ0) is 34.7. The molecule has 1 atom stereocenters. The van der Waals surface area contributed by atoms with Crippen molar-refractivity contribution in [3.63, 3.8) is 0 Å². The summed E-state index contributed by atoms with van der Waals surface area (Å²) >= 11 is 0. The lowest BCUT2D eigenvalue weighted by molar-refractivity contribution is -0.138. The highest BCUT2D eigenvalue weighted by Gasteiger charge is 2.51. The van der Waals surface area contributed by atoms with Gasteiger partial charge in [0.15, 0.2) is 0 Å². The Kier molecular flexibility index (Phi) is 8.98. The molecule has 49 heavy (non-hydrogen) atoms. The molecule has 2 aromatic heterocycles. The highest BCUT2D eigenvalue weighted by atomic mass is 19.4. The minimum Gasteiger partial charge on any atom is -0.474 e. The molecule has 10 nitrogen and oxygen atoms in total. The quantitative estimate of drug-likeness (QED) is 0.290. The van der Waals surface area contributed by atoms with Crippen LogP contribution in [0.25, 0.3) is 0 Å². The molecule has 2 saturated carbocycles. The number of alkyl halides is 3. The topological polar surface area (TPSA) is 88.8 Å². The molecule has 0 N–H and O–H groups in total. The predicted molar refractivity (Wildman–Crippen MR) is 177 cm³/mol. The standard InChI is InChI=1S/C36H46F3N7O3/c1-22(2)30-20-43(3)10-11-45(30)18-23-12-27-28(29(13-23)36(37,38)39)19-46(33(27)47)31-14-24(15-32(41-31)49-25-8-6-7-9-25)35(16-26(17-35)48-5)34-42-40-21-44(34)4/h12-15,21-22,25-26,30H,6-11,16-20H2,1-5H3/t26-,30-,35-/m1/s1. The molecule has 2 aliphatic carbocycles. The van der Waals surface area contributed by atoms with Crippen molar-refractivity contribution in [2.45, 2.75) is 95.3 Å². The molecule has 0 radical (unpaired) electrons. The van der Waals surface area contributed by atoms with Gasteiger partial charge in [-0.15, -0.1) is 10.2 Å². The van der Waals surface area contributed by atoms with Crippen molar-refractivity contribution in [1.82, 2.24) is 29.5 Å². The Balaban J connectivity index is 1.27. The van der Waals surface area contributed by atoms with Gasteiger partial charge in [-0.25, -0.2) is 0 Å². The van der Waals surface area contributed by atoms with E-state index in [1.165, 1.54) is 11.0 Å². The molecule has 1 aromatic carbocycles. The van der Waals surface area contributed by atoms with E-state index in [0.29, 0.717) is 36.7 Å². The fourth-order valence-corrected chi connectivity index (χ4v) is 8.34. The van der Waals surface area contributed by atoms with Gasteiger partial charge >= 0.3 is 6.18 Å². The second-order valence-corrected chi connectivity index (χ2v) is 14.8. The summed E-state index contributed by atoms with van der Waals surface area (Å²) in [6.07, 6.45) is 2.18. The van der Waals surface area contributed by atoms with E-state index in [9.17, 15) is 18.0 Å². The summed E-state index contributed by atoms with van der Waals surface area (Å²) in [7, 11) is 5.63. The van der Waals surface area contributed by atoms with Crippen LogP contribution in [0.1, 0.15) is 90.8 Å². The number of fused-ring (bicyclic) bond motifs is 1. The first-order valence-electron chi connectivity index (χ1n) is 17.4. The number of piperazine rings is 1. The molecule has 2 aliphatic heterocycles. The lowest BCUT2D eigenvalue weighted by Gasteiger charge is -2.46. The van der Waals surface area contributed by atoms with E-state index < -0.39 is 23.1 Å². The summed E-state index contributed by atoms with van der Waals surface area (Å²) in [5.41, 5.74) is 0.0255.